The Morgan fingerprint density at radius 2 is 1.40 bits per heavy atom. The van der Waals surface area contributed by atoms with Crippen molar-refractivity contribution in [3.63, 3.8) is 0 Å². The molecule has 0 unspecified atom stereocenters. The van der Waals surface area contributed by atoms with Gasteiger partial charge in [-0.05, 0) is 23.8 Å². The Hall–Kier alpha value is -3.22. The van der Waals surface area contributed by atoms with E-state index >= 15 is 0 Å². The highest BCUT2D eigenvalue weighted by atomic mass is 16.6. The zero-order chi connectivity index (χ0) is 17.2. The van der Waals surface area contributed by atoms with Gasteiger partial charge in [-0.2, -0.15) is 0 Å². The van der Waals surface area contributed by atoms with E-state index in [1.54, 1.807) is 18.2 Å². The Balaban J connectivity index is 1.30. The van der Waals surface area contributed by atoms with Crippen LogP contribution in [0.5, 0.6) is 17.2 Å². The second-order valence-corrected chi connectivity index (χ2v) is 5.76. The van der Waals surface area contributed by atoms with E-state index in [4.69, 9.17) is 14.2 Å². The molecule has 2 amide bonds. The van der Waals surface area contributed by atoms with Gasteiger partial charge in [0, 0.05) is 6.42 Å². The van der Waals surface area contributed by atoms with Crippen molar-refractivity contribution in [1.29, 1.82) is 0 Å². The first kappa shape index (κ1) is 15.3. The van der Waals surface area contributed by atoms with Crippen molar-refractivity contribution in [1.82, 2.24) is 10.9 Å². The third-order valence-corrected chi connectivity index (χ3v) is 4.05. The quantitative estimate of drug-likeness (QED) is 0.796. The van der Waals surface area contributed by atoms with E-state index < -0.39 is 24.0 Å². The van der Waals surface area contributed by atoms with E-state index in [1.165, 1.54) is 0 Å². The molecule has 0 aromatic heterocycles. The Bertz CT molecular complexity index is 798. The zero-order valence-electron chi connectivity index (χ0n) is 13.2. The summed E-state index contributed by atoms with van der Waals surface area (Å²) in [5.41, 5.74) is 5.71. The van der Waals surface area contributed by atoms with Gasteiger partial charge in [-0.25, -0.2) is 0 Å². The topological polar surface area (TPSA) is 85.9 Å². The van der Waals surface area contributed by atoms with Crippen LogP contribution in [0.25, 0.3) is 0 Å². The molecule has 2 heterocycles. The van der Waals surface area contributed by atoms with Crippen molar-refractivity contribution < 1.29 is 23.8 Å². The van der Waals surface area contributed by atoms with Gasteiger partial charge < -0.3 is 14.2 Å². The summed E-state index contributed by atoms with van der Waals surface area (Å²) < 4.78 is 16.6. The number of benzene rings is 2. The van der Waals surface area contributed by atoms with E-state index in [1.807, 2.05) is 30.3 Å². The molecule has 2 aliphatic rings. The Labute approximate surface area is 143 Å². The number of hydrazine groups is 1. The highest BCUT2D eigenvalue weighted by molar-refractivity contribution is 5.87. The minimum atomic E-state index is -0.836. The molecule has 7 nitrogen and oxygen atoms in total. The normalized spacial score (nSPS) is 20.2. The van der Waals surface area contributed by atoms with Gasteiger partial charge in [0.1, 0.15) is 12.4 Å². The highest BCUT2D eigenvalue weighted by Crippen LogP contribution is 2.31. The standard InChI is InChI=1S/C18H16N2O5/c21-17(15-9-11-5-1-2-6-12(11)24-15)19-20-18(22)16-10-23-13-7-3-4-8-14(13)25-16/h1-8,15-16H,9-10H2,(H,19,21)(H,20,22)/t15-,16-/m0/s1. The zero-order valence-corrected chi connectivity index (χ0v) is 13.2. The Morgan fingerprint density at radius 1 is 0.800 bits per heavy atom. The van der Waals surface area contributed by atoms with Crippen molar-refractivity contribution >= 4 is 11.8 Å². The number of nitrogens with one attached hydrogen (secondary N) is 2. The van der Waals surface area contributed by atoms with E-state index in [0.29, 0.717) is 23.7 Å². The van der Waals surface area contributed by atoms with Gasteiger partial charge >= 0.3 is 0 Å². The fourth-order valence-corrected chi connectivity index (χ4v) is 2.76. The van der Waals surface area contributed by atoms with Crippen LogP contribution >= 0.6 is 0 Å². The molecule has 0 bridgehead atoms. The first-order valence-electron chi connectivity index (χ1n) is 7.93. The van der Waals surface area contributed by atoms with E-state index in [2.05, 4.69) is 10.9 Å². The highest BCUT2D eigenvalue weighted by Gasteiger charge is 2.31. The van der Waals surface area contributed by atoms with Gasteiger partial charge in [-0.3, -0.25) is 20.4 Å². The molecule has 0 saturated carbocycles. The largest absolute Gasteiger partial charge is 0.485 e. The van der Waals surface area contributed by atoms with Crippen molar-refractivity contribution in [2.75, 3.05) is 6.61 Å². The first-order chi connectivity index (χ1) is 12.2. The van der Waals surface area contributed by atoms with Crippen molar-refractivity contribution in [2.24, 2.45) is 0 Å². The van der Waals surface area contributed by atoms with Gasteiger partial charge in [0.2, 0.25) is 6.10 Å². The van der Waals surface area contributed by atoms with E-state index in [9.17, 15) is 9.59 Å². The number of hydrogen-bond acceptors (Lipinski definition) is 5. The summed E-state index contributed by atoms with van der Waals surface area (Å²) >= 11 is 0. The van der Waals surface area contributed by atoms with Gasteiger partial charge in [0.25, 0.3) is 11.8 Å². The lowest BCUT2D eigenvalue weighted by Crippen LogP contribution is -2.53. The molecule has 0 fully saturated rings. The van der Waals surface area contributed by atoms with E-state index in [0.717, 1.165) is 5.56 Å². The monoisotopic (exact) mass is 340 g/mol. The minimum Gasteiger partial charge on any atom is -0.485 e. The van der Waals surface area contributed by atoms with Crippen LogP contribution in [0.2, 0.25) is 0 Å². The third-order valence-electron chi connectivity index (χ3n) is 4.05. The average Bonchev–Trinajstić information content (AvgIpc) is 3.09. The molecule has 4 rings (SSSR count). The third kappa shape index (κ3) is 3.08. The van der Waals surface area contributed by atoms with Gasteiger partial charge in [-0.15, -0.1) is 0 Å². The van der Waals surface area contributed by atoms with Crippen molar-refractivity contribution in [2.45, 2.75) is 18.6 Å². The van der Waals surface area contributed by atoms with Crippen LogP contribution in [0, 0.1) is 0 Å². The van der Waals surface area contributed by atoms with Crippen LogP contribution in [-0.2, 0) is 16.0 Å². The second-order valence-electron chi connectivity index (χ2n) is 5.76. The molecular weight excluding hydrogens is 324 g/mol. The van der Waals surface area contributed by atoms with E-state index in [-0.39, 0.29) is 6.61 Å². The number of amides is 2. The van der Waals surface area contributed by atoms with Crippen LogP contribution in [-0.4, -0.2) is 30.6 Å². The molecule has 0 aliphatic carbocycles. The lowest BCUT2D eigenvalue weighted by molar-refractivity contribution is -0.137. The number of rotatable bonds is 2. The minimum absolute atomic E-state index is 0.0735. The van der Waals surface area contributed by atoms with Gasteiger partial charge in [0.05, 0.1) is 0 Å². The predicted molar refractivity (Wildman–Crippen MR) is 87.2 cm³/mol. The molecule has 0 radical (unpaired) electrons. The molecule has 2 aliphatic heterocycles. The maximum absolute atomic E-state index is 12.2. The fourth-order valence-electron chi connectivity index (χ4n) is 2.76. The Kier molecular flexibility index (Phi) is 3.89. The van der Waals surface area contributed by atoms with Crippen LogP contribution < -0.4 is 25.1 Å². The van der Waals surface area contributed by atoms with Gasteiger partial charge in [-0.1, -0.05) is 30.3 Å². The first-order valence-corrected chi connectivity index (χ1v) is 7.93. The summed E-state index contributed by atoms with van der Waals surface area (Å²) in [5.74, 6) is 0.872. The van der Waals surface area contributed by atoms with Crippen LogP contribution in [0.1, 0.15) is 5.56 Å². The number of para-hydroxylation sites is 3. The number of ether oxygens (including phenoxy) is 3. The summed E-state index contributed by atoms with van der Waals surface area (Å²) in [6.07, 6.45) is -1.03. The molecule has 128 valence electrons. The van der Waals surface area contributed by atoms with Crippen LogP contribution in [0.15, 0.2) is 48.5 Å². The Morgan fingerprint density at radius 3 is 2.16 bits per heavy atom. The smallest absolute Gasteiger partial charge is 0.283 e. The molecule has 2 N–H and O–H groups in total. The number of fused-ring (bicyclic) bond motifs is 2. The molecule has 25 heavy (non-hydrogen) atoms. The van der Waals surface area contributed by atoms with Crippen molar-refractivity contribution in [3.8, 4) is 17.2 Å². The molecule has 2 aromatic rings. The summed E-state index contributed by atoms with van der Waals surface area (Å²) in [4.78, 5) is 24.4. The summed E-state index contributed by atoms with van der Waals surface area (Å²) in [6.45, 7) is 0.0735. The maximum atomic E-state index is 12.2. The molecule has 7 heteroatoms. The number of carbonyl (C=O) groups is 2. The number of carbonyl (C=O) groups excluding carboxylic acids is 2. The summed E-state index contributed by atoms with van der Waals surface area (Å²) in [5, 5.41) is 0. The summed E-state index contributed by atoms with van der Waals surface area (Å²) in [7, 11) is 0. The molecule has 2 aromatic carbocycles. The van der Waals surface area contributed by atoms with Crippen molar-refractivity contribution in [3.05, 3.63) is 54.1 Å². The van der Waals surface area contributed by atoms with Gasteiger partial charge in [0.15, 0.2) is 17.6 Å². The lowest BCUT2D eigenvalue weighted by Gasteiger charge is -2.25. The lowest BCUT2D eigenvalue weighted by atomic mass is 10.1. The fraction of sp³-hybridized carbons (Fsp3) is 0.222. The maximum Gasteiger partial charge on any atom is 0.283 e. The molecule has 2 atom stereocenters. The molecule has 0 saturated heterocycles. The summed E-state index contributed by atoms with van der Waals surface area (Å²) in [6, 6.07) is 14.6. The number of hydrogen-bond donors (Lipinski definition) is 2. The average molecular weight is 340 g/mol. The van der Waals surface area contributed by atoms with Crippen LogP contribution in [0.3, 0.4) is 0 Å². The molecule has 0 spiro atoms. The SMILES string of the molecule is O=C(NNC(=O)[C@@H]1COc2ccccc2O1)[C@@H]1Cc2ccccc2O1. The second kappa shape index (κ2) is 6.35. The van der Waals surface area contributed by atoms with Crippen LogP contribution in [0.4, 0.5) is 0 Å². The molecular formula is C18H16N2O5. The predicted octanol–water partition coefficient (Wildman–Crippen LogP) is 0.978.